The fourth-order valence-corrected chi connectivity index (χ4v) is 5.42. The molecule has 0 saturated heterocycles. The second kappa shape index (κ2) is 12.9. The Morgan fingerprint density at radius 2 is 1.85 bits per heavy atom. The Morgan fingerprint density at radius 3 is 2.51 bits per heavy atom. The zero-order valence-corrected chi connectivity index (χ0v) is 24.3. The average molecular weight is 575 g/mol. The van der Waals surface area contributed by atoms with Crippen LogP contribution in [-0.2, 0) is 29.7 Å². The monoisotopic (exact) mass is 574 g/mol. The van der Waals surface area contributed by atoms with Crippen molar-refractivity contribution >= 4 is 30.5 Å². The van der Waals surface area contributed by atoms with Crippen molar-refractivity contribution in [1.29, 1.82) is 5.26 Å². The zero-order chi connectivity index (χ0) is 29.6. The molecular formula is C30H31N4O6P. The number of fused-ring (bicyclic) bond motifs is 1. The van der Waals surface area contributed by atoms with Gasteiger partial charge in [-0.2, -0.15) is 5.26 Å². The Hall–Kier alpha value is -4.26. The van der Waals surface area contributed by atoms with E-state index in [0.717, 1.165) is 27.6 Å². The number of anilines is 1. The Morgan fingerprint density at radius 1 is 1.10 bits per heavy atom. The van der Waals surface area contributed by atoms with Crippen molar-refractivity contribution in [3.05, 3.63) is 79.1 Å². The van der Waals surface area contributed by atoms with Crippen LogP contribution in [0.25, 0.3) is 33.3 Å². The van der Waals surface area contributed by atoms with Gasteiger partial charge in [-0.25, -0.2) is 9.55 Å². The molecule has 1 amide bonds. The van der Waals surface area contributed by atoms with E-state index in [1.54, 1.807) is 57.0 Å². The first-order valence-corrected chi connectivity index (χ1v) is 14.3. The quantitative estimate of drug-likeness (QED) is 0.138. The number of amides is 1. The van der Waals surface area contributed by atoms with Crippen molar-refractivity contribution in [3.8, 4) is 34.1 Å². The summed E-state index contributed by atoms with van der Waals surface area (Å²) in [5.74, 6) is 0.308. The molecule has 0 atom stereocenters. The van der Waals surface area contributed by atoms with Crippen molar-refractivity contribution < 1.29 is 27.7 Å². The van der Waals surface area contributed by atoms with Gasteiger partial charge in [0.1, 0.15) is 18.1 Å². The van der Waals surface area contributed by atoms with Gasteiger partial charge >= 0.3 is 7.82 Å². The number of rotatable bonds is 12. The Balaban J connectivity index is 1.86. The van der Waals surface area contributed by atoms with E-state index in [-0.39, 0.29) is 25.9 Å². The number of carbonyl (C=O) groups excluding carboxylic acids is 1. The van der Waals surface area contributed by atoms with Gasteiger partial charge in [-0.15, -0.1) is 0 Å². The second-order valence-electron chi connectivity index (χ2n) is 8.86. The van der Waals surface area contributed by atoms with E-state index < -0.39 is 7.82 Å². The summed E-state index contributed by atoms with van der Waals surface area (Å²) in [6.07, 6.45) is 4.77. The maximum absolute atomic E-state index is 13.0. The highest BCUT2D eigenvalue weighted by molar-refractivity contribution is 7.48. The normalized spacial score (nSPS) is 11.3. The first-order chi connectivity index (χ1) is 19.7. The van der Waals surface area contributed by atoms with Crippen LogP contribution >= 0.6 is 7.82 Å². The van der Waals surface area contributed by atoms with Crippen LogP contribution in [0.1, 0.15) is 19.4 Å². The minimum atomic E-state index is -3.78. The molecule has 0 aliphatic carbocycles. The highest BCUT2D eigenvalue weighted by Gasteiger charge is 2.26. The minimum absolute atomic E-state index is 0.143. The number of methoxy groups -OCH3 is 1. The lowest BCUT2D eigenvalue weighted by atomic mass is 10.0. The number of hydrogen-bond donors (Lipinski definition) is 0. The van der Waals surface area contributed by atoms with Gasteiger partial charge in [-0.05, 0) is 61.4 Å². The fraction of sp³-hybridized carbons (Fsp3) is 0.233. The van der Waals surface area contributed by atoms with E-state index in [1.165, 1.54) is 11.0 Å². The summed E-state index contributed by atoms with van der Waals surface area (Å²) < 4.78 is 36.4. The number of nitrogens with zero attached hydrogens (tertiary/aromatic N) is 4. The lowest BCUT2D eigenvalue weighted by Crippen LogP contribution is -2.23. The highest BCUT2D eigenvalue weighted by atomic mass is 31.2. The van der Waals surface area contributed by atoms with E-state index in [2.05, 4.69) is 12.6 Å². The third kappa shape index (κ3) is 6.56. The number of nitriles is 1. The van der Waals surface area contributed by atoms with Gasteiger partial charge in [0.15, 0.2) is 0 Å². The van der Waals surface area contributed by atoms with Crippen LogP contribution in [-0.4, -0.2) is 42.8 Å². The van der Waals surface area contributed by atoms with Crippen LogP contribution in [0.5, 0.6) is 5.75 Å². The van der Waals surface area contributed by atoms with Crippen molar-refractivity contribution in [2.75, 3.05) is 32.3 Å². The molecule has 0 aliphatic heterocycles. The summed E-state index contributed by atoms with van der Waals surface area (Å²) in [5.41, 5.74) is 4.83. The van der Waals surface area contributed by atoms with Crippen LogP contribution in [0, 0.1) is 11.3 Å². The van der Waals surface area contributed by atoms with Gasteiger partial charge in [0.2, 0.25) is 5.91 Å². The number of aromatic nitrogens is 2. The van der Waals surface area contributed by atoms with Crippen molar-refractivity contribution in [3.63, 3.8) is 0 Å². The number of benzene rings is 2. The van der Waals surface area contributed by atoms with E-state index in [9.17, 15) is 14.6 Å². The number of carbonyl (C=O) groups is 1. The predicted octanol–water partition coefficient (Wildman–Crippen LogP) is 6.55. The topological polar surface area (TPSA) is 116 Å². The van der Waals surface area contributed by atoms with Gasteiger partial charge in [-0.1, -0.05) is 18.7 Å². The summed E-state index contributed by atoms with van der Waals surface area (Å²) in [6.45, 7) is 7.16. The van der Waals surface area contributed by atoms with Gasteiger partial charge in [0.25, 0.3) is 0 Å². The molecule has 0 fully saturated rings. The molecule has 10 nitrogen and oxygen atoms in total. The number of phosphoric ester groups is 1. The summed E-state index contributed by atoms with van der Waals surface area (Å²) in [6, 6.07) is 16.9. The Kier molecular flexibility index (Phi) is 9.38. The smallest absolute Gasteiger partial charge is 0.476 e. The number of phosphoric acid groups is 1. The average Bonchev–Trinajstić information content (AvgIpc) is 3.37. The molecule has 4 rings (SSSR count). The zero-order valence-electron chi connectivity index (χ0n) is 23.4. The molecule has 212 valence electrons. The number of ether oxygens (including phenoxy) is 1. The Labute approximate surface area is 239 Å². The number of hydrogen-bond acceptors (Lipinski definition) is 8. The van der Waals surface area contributed by atoms with Crippen molar-refractivity contribution in [1.82, 2.24) is 9.55 Å². The van der Waals surface area contributed by atoms with Crippen LogP contribution in [0.15, 0.2) is 73.6 Å². The maximum Gasteiger partial charge on any atom is 0.476 e. The van der Waals surface area contributed by atoms with Crippen molar-refractivity contribution in [2.24, 2.45) is 0 Å². The third-order valence-corrected chi connectivity index (χ3v) is 7.88. The van der Waals surface area contributed by atoms with Crippen LogP contribution in [0.2, 0.25) is 0 Å². The molecule has 0 aliphatic rings. The summed E-state index contributed by atoms with van der Waals surface area (Å²) >= 11 is 0. The molecule has 0 unspecified atom stereocenters. The van der Waals surface area contributed by atoms with Gasteiger partial charge in [-0.3, -0.25) is 18.4 Å². The highest BCUT2D eigenvalue weighted by Crippen LogP contribution is 2.49. The van der Waals surface area contributed by atoms with Crippen LogP contribution in [0.4, 0.5) is 5.69 Å². The first kappa shape index (κ1) is 29.7. The molecule has 2 aromatic heterocycles. The second-order valence-corrected chi connectivity index (χ2v) is 10.5. The predicted molar refractivity (Wildman–Crippen MR) is 157 cm³/mol. The van der Waals surface area contributed by atoms with E-state index in [0.29, 0.717) is 22.6 Å². The maximum atomic E-state index is 13.0. The van der Waals surface area contributed by atoms with Gasteiger partial charge < -0.3 is 14.2 Å². The van der Waals surface area contributed by atoms with E-state index in [1.807, 2.05) is 36.5 Å². The van der Waals surface area contributed by atoms with E-state index in [4.69, 9.17) is 23.3 Å². The molecule has 41 heavy (non-hydrogen) atoms. The molecule has 0 radical (unpaired) electrons. The lowest BCUT2D eigenvalue weighted by molar-refractivity contribution is -0.113. The fourth-order valence-electron chi connectivity index (χ4n) is 4.30. The minimum Gasteiger partial charge on any atom is -0.497 e. The van der Waals surface area contributed by atoms with Gasteiger partial charge in [0, 0.05) is 47.7 Å². The molecule has 2 heterocycles. The van der Waals surface area contributed by atoms with Crippen LogP contribution < -0.4 is 9.64 Å². The first-order valence-electron chi connectivity index (χ1n) is 12.9. The Bertz CT molecular complexity index is 1670. The van der Waals surface area contributed by atoms with E-state index >= 15 is 0 Å². The van der Waals surface area contributed by atoms with Crippen LogP contribution in [0.3, 0.4) is 0 Å². The molecule has 0 saturated carbocycles. The van der Waals surface area contributed by atoms with Crippen molar-refractivity contribution in [2.45, 2.75) is 20.6 Å². The summed E-state index contributed by atoms with van der Waals surface area (Å²) in [4.78, 5) is 18.5. The SMILES string of the molecule is C=CC(=O)N(C)c1cc(OC)cc(-c2cnc3c(c2)c(-c2cccc(C#N)c2)cn3COP(=O)(OCC)OCC)c1. The molecule has 0 spiro atoms. The van der Waals surface area contributed by atoms with Gasteiger partial charge in [0.05, 0.1) is 32.0 Å². The molecule has 2 aromatic carbocycles. The molecule has 0 N–H and O–H groups in total. The number of pyridine rings is 1. The largest absolute Gasteiger partial charge is 0.497 e. The summed E-state index contributed by atoms with van der Waals surface area (Å²) in [5, 5.41) is 10.2. The number of likely N-dealkylation sites (N-methyl/N-ethyl adjacent to an activating group) is 1. The lowest BCUT2D eigenvalue weighted by Gasteiger charge is -2.18. The standard InChI is InChI=1S/C30H31N4O6P/c1-6-29(35)33(4)25-13-23(14-26(16-25)37-5)24-15-27-28(22-11-9-10-21(12-22)17-31)19-34(30(27)32-18-24)20-40-41(36,38-7-2)39-8-3/h6,9-16,18-19H,1,7-8,20H2,2-5H3. The molecule has 11 heteroatoms. The summed E-state index contributed by atoms with van der Waals surface area (Å²) in [7, 11) is -0.556. The molecule has 0 bridgehead atoms. The molecule has 4 aromatic rings. The third-order valence-electron chi connectivity index (χ3n) is 6.30. The molecular weight excluding hydrogens is 543 g/mol.